The average Bonchev–Trinajstić information content (AvgIpc) is 2.35. The number of carbonyl (C=O) groups is 3. The van der Waals surface area contributed by atoms with Crippen LogP contribution < -0.4 is 4.90 Å². The van der Waals surface area contributed by atoms with Crippen molar-refractivity contribution in [2.24, 2.45) is 0 Å². The number of piperazine rings is 1. The van der Waals surface area contributed by atoms with Crippen LogP contribution in [-0.2, 0) is 20.8 Å². The second-order valence-electron chi connectivity index (χ2n) is 4.75. The molecule has 0 saturated carbocycles. The van der Waals surface area contributed by atoms with E-state index in [-0.39, 0.29) is 30.7 Å². The van der Waals surface area contributed by atoms with Gasteiger partial charge in [0, 0.05) is 19.2 Å². The molecule has 2 rings (SSSR count). The first-order chi connectivity index (χ1) is 8.97. The molecule has 5 heteroatoms. The van der Waals surface area contributed by atoms with Crippen molar-refractivity contribution in [1.82, 2.24) is 4.90 Å². The van der Waals surface area contributed by atoms with Gasteiger partial charge in [0.2, 0.25) is 11.8 Å². The van der Waals surface area contributed by atoms with E-state index in [4.69, 9.17) is 0 Å². The van der Waals surface area contributed by atoms with E-state index in [0.29, 0.717) is 6.42 Å². The Hall–Kier alpha value is -2.17. The Bertz CT molecular complexity index is 504. The largest absolute Gasteiger partial charge is 0.353 e. The summed E-state index contributed by atoms with van der Waals surface area (Å²) in [6.45, 7) is 1.95. The molecule has 1 aliphatic heterocycles. The van der Waals surface area contributed by atoms with Crippen molar-refractivity contribution in [2.45, 2.75) is 13.3 Å². The summed E-state index contributed by atoms with van der Waals surface area (Å²) in [6, 6.07) is 7.38. The van der Waals surface area contributed by atoms with Crippen LogP contribution in [0.15, 0.2) is 24.3 Å². The molecule has 100 valence electrons. The highest BCUT2D eigenvalue weighted by Gasteiger charge is 2.27. The van der Waals surface area contributed by atoms with E-state index >= 15 is 0 Å². The highest BCUT2D eigenvalue weighted by molar-refractivity contribution is 6.02. The molecule has 1 fully saturated rings. The Morgan fingerprint density at radius 3 is 2.11 bits per heavy atom. The Morgan fingerprint density at radius 2 is 1.63 bits per heavy atom. The number of carbonyl (C=O) groups excluding carboxylic acids is 3. The van der Waals surface area contributed by atoms with Crippen molar-refractivity contribution in [3.05, 3.63) is 29.8 Å². The summed E-state index contributed by atoms with van der Waals surface area (Å²) in [7, 11) is 1.50. The summed E-state index contributed by atoms with van der Waals surface area (Å²) in [4.78, 5) is 37.1. The minimum Gasteiger partial charge on any atom is -0.353 e. The van der Waals surface area contributed by atoms with Gasteiger partial charge in [0.05, 0.1) is 13.1 Å². The van der Waals surface area contributed by atoms with Gasteiger partial charge in [-0.3, -0.25) is 19.3 Å². The van der Waals surface area contributed by atoms with E-state index in [9.17, 15) is 14.4 Å². The number of rotatable bonds is 3. The number of hydrogen-bond donors (Lipinski definition) is 0. The van der Waals surface area contributed by atoms with Crippen LogP contribution in [0.2, 0.25) is 0 Å². The third-order valence-electron chi connectivity index (χ3n) is 3.16. The van der Waals surface area contributed by atoms with E-state index in [1.54, 1.807) is 11.8 Å². The Labute approximate surface area is 111 Å². The molecule has 2 amide bonds. The van der Waals surface area contributed by atoms with Crippen LogP contribution in [0.1, 0.15) is 12.5 Å². The van der Waals surface area contributed by atoms with Crippen LogP contribution in [0.3, 0.4) is 0 Å². The fourth-order valence-corrected chi connectivity index (χ4v) is 2.03. The number of Topliss-reactive ketones (excluding diaryl/α,β-unsaturated/α-hetero) is 1. The monoisotopic (exact) mass is 260 g/mol. The van der Waals surface area contributed by atoms with Crippen molar-refractivity contribution in [3.63, 3.8) is 0 Å². The molecule has 19 heavy (non-hydrogen) atoms. The predicted octanol–water partition coefficient (Wildman–Crippen LogP) is 0.623. The van der Waals surface area contributed by atoms with Gasteiger partial charge in [0.25, 0.3) is 0 Å². The first kappa shape index (κ1) is 13.3. The van der Waals surface area contributed by atoms with Gasteiger partial charge in [0.15, 0.2) is 0 Å². The first-order valence-corrected chi connectivity index (χ1v) is 6.10. The van der Waals surface area contributed by atoms with Crippen LogP contribution >= 0.6 is 0 Å². The fourth-order valence-electron chi connectivity index (χ4n) is 2.03. The average molecular weight is 260 g/mol. The minimum atomic E-state index is -0.205. The normalized spacial score (nSPS) is 15.9. The minimum absolute atomic E-state index is 0.109. The lowest BCUT2D eigenvalue weighted by Gasteiger charge is -2.32. The molecule has 0 N–H and O–H groups in total. The predicted molar refractivity (Wildman–Crippen MR) is 70.8 cm³/mol. The fraction of sp³-hybridized carbons (Fsp3) is 0.357. The van der Waals surface area contributed by atoms with Crippen LogP contribution in [0, 0.1) is 0 Å². The molecule has 5 nitrogen and oxygen atoms in total. The van der Waals surface area contributed by atoms with Gasteiger partial charge in [-0.15, -0.1) is 0 Å². The summed E-state index contributed by atoms with van der Waals surface area (Å²) in [5, 5.41) is 0. The van der Waals surface area contributed by atoms with E-state index in [0.717, 1.165) is 16.2 Å². The molecule has 0 atom stereocenters. The number of ketones is 1. The summed E-state index contributed by atoms with van der Waals surface area (Å²) in [5.74, 6) is -0.300. The molecule has 0 spiro atoms. The second kappa shape index (κ2) is 5.22. The molecule has 0 radical (unpaired) electrons. The summed E-state index contributed by atoms with van der Waals surface area (Å²) >= 11 is 0. The lowest BCUT2D eigenvalue weighted by Crippen LogP contribution is -2.52. The number of nitrogens with zero attached hydrogens (tertiary/aromatic N) is 2. The van der Waals surface area contributed by atoms with Crippen LogP contribution in [-0.4, -0.2) is 42.6 Å². The highest BCUT2D eigenvalue weighted by Crippen LogP contribution is 2.18. The summed E-state index contributed by atoms with van der Waals surface area (Å²) < 4.78 is 0. The van der Waals surface area contributed by atoms with E-state index in [1.807, 2.05) is 24.3 Å². The number of amides is 2. The number of likely N-dealkylation sites (N-methyl/N-ethyl adjacent to an activating group) is 1. The van der Waals surface area contributed by atoms with Gasteiger partial charge >= 0.3 is 0 Å². The molecular formula is C14H16N2O3. The third-order valence-corrected chi connectivity index (χ3v) is 3.16. The molecule has 0 unspecified atom stereocenters. The number of anilines is 1. The molecule has 1 aromatic carbocycles. The van der Waals surface area contributed by atoms with E-state index in [2.05, 4.69) is 0 Å². The Balaban J connectivity index is 2.12. The molecular weight excluding hydrogens is 244 g/mol. The summed E-state index contributed by atoms with van der Waals surface area (Å²) in [6.07, 6.45) is 0.404. The standard InChI is InChI=1S/C14H16N2O3/c1-10(17)7-11-3-5-12(6-4-11)16-8-13(18)15(2)14(19)9-16/h3-6H,7-9H2,1-2H3. The Kier molecular flexibility index (Phi) is 3.64. The van der Waals surface area contributed by atoms with Gasteiger partial charge in [-0.25, -0.2) is 0 Å². The van der Waals surface area contributed by atoms with Gasteiger partial charge in [0.1, 0.15) is 5.78 Å². The quantitative estimate of drug-likeness (QED) is 0.748. The molecule has 1 saturated heterocycles. The van der Waals surface area contributed by atoms with Gasteiger partial charge < -0.3 is 4.90 Å². The maximum Gasteiger partial charge on any atom is 0.248 e. The van der Waals surface area contributed by atoms with Crippen molar-refractivity contribution in [3.8, 4) is 0 Å². The summed E-state index contributed by atoms with van der Waals surface area (Å²) in [5.41, 5.74) is 1.75. The van der Waals surface area contributed by atoms with Crippen molar-refractivity contribution in [2.75, 3.05) is 25.0 Å². The zero-order chi connectivity index (χ0) is 14.0. The molecule has 0 bridgehead atoms. The SMILES string of the molecule is CC(=O)Cc1ccc(N2CC(=O)N(C)C(=O)C2)cc1. The molecule has 1 aromatic rings. The van der Waals surface area contributed by atoms with Crippen molar-refractivity contribution >= 4 is 23.3 Å². The van der Waals surface area contributed by atoms with Crippen LogP contribution in [0.4, 0.5) is 5.69 Å². The van der Waals surface area contributed by atoms with Crippen LogP contribution in [0.5, 0.6) is 0 Å². The lowest BCUT2D eigenvalue weighted by atomic mass is 10.1. The molecule has 1 aliphatic rings. The highest BCUT2D eigenvalue weighted by atomic mass is 16.2. The Morgan fingerprint density at radius 1 is 1.11 bits per heavy atom. The second-order valence-corrected chi connectivity index (χ2v) is 4.75. The number of hydrogen-bond acceptors (Lipinski definition) is 4. The van der Waals surface area contributed by atoms with Crippen LogP contribution in [0.25, 0.3) is 0 Å². The maximum atomic E-state index is 11.6. The van der Waals surface area contributed by atoms with Crippen molar-refractivity contribution < 1.29 is 14.4 Å². The first-order valence-electron chi connectivity index (χ1n) is 6.10. The van der Waals surface area contributed by atoms with E-state index < -0.39 is 0 Å². The third kappa shape index (κ3) is 2.99. The molecule has 0 aromatic heterocycles. The maximum absolute atomic E-state index is 11.6. The van der Waals surface area contributed by atoms with Gasteiger partial charge in [-0.05, 0) is 24.6 Å². The zero-order valence-electron chi connectivity index (χ0n) is 11.0. The van der Waals surface area contributed by atoms with E-state index in [1.165, 1.54) is 7.05 Å². The topological polar surface area (TPSA) is 57.7 Å². The zero-order valence-corrected chi connectivity index (χ0v) is 11.0. The van der Waals surface area contributed by atoms with Crippen molar-refractivity contribution in [1.29, 1.82) is 0 Å². The number of imide groups is 1. The molecule has 0 aliphatic carbocycles. The van der Waals surface area contributed by atoms with Gasteiger partial charge in [-0.2, -0.15) is 0 Å². The smallest absolute Gasteiger partial charge is 0.248 e. The van der Waals surface area contributed by atoms with Gasteiger partial charge in [-0.1, -0.05) is 12.1 Å². The number of benzene rings is 1. The lowest BCUT2D eigenvalue weighted by molar-refractivity contribution is -0.143. The molecule has 1 heterocycles.